The van der Waals surface area contributed by atoms with Crippen molar-refractivity contribution in [3.63, 3.8) is 0 Å². The molecule has 2 atom stereocenters. The van der Waals surface area contributed by atoms with E-state index in [0.717, 1.165) is 18.8 Å². The Hall–Kier alpha value is -1.62. The van der Waals surface area contributed by atoms with Crippen molar-refractivity contribution in [1.29, 1.82) is 0 Å². The highest BCUT2D eigenvalue weighted by Gasteiger charge is 2.29. The fourth-order valence-electron chi connectivity index (χ4n) is 2.62. The fourth-order valence-corrected chi connectivity index (χ4v) is 2.62. The summed E-state index contributed by atoms with van der Waals surface area (Å²) >= 11 is 0. The highest BCUT2D eigenvalue weighted by molar-refractivity contribution is 5.92. The lowest BCUT2D eigenvalue weighted by atomic mass is 9.95. The number of pyridine rings is 1. The number of carbonyl (C=O) groups is 1. The number of rotatable bonds is 4. The molecule has 1 aromatic heterocycles. The van der Waals surface area contributed by atoms with Gasteiger partial charge in [0.15, 0.2) is 0 Å². The Morgan fingerprint density at radius 1 is 1.48 bits per heavy atom. The number of carbonyl (C=O) groups excluding carboxylic acids is 1. The minimum absolute atomic E-state index is 0.0173. The first kappa shape index (κ1) is 15.8. The Labute approximate surface area is 126 Å². The quantitative estimate of drug-likeness (QED) is 0.925. The average Bonchev–Trinajstić information content (AvgIpc) is 2.46. The van der Waals surface area contributed by atoms with Gasteiger partial charge in [-0.1, -0.05) is 13.0 Å². The van der Waals surface area contributed by atoms with Crippen LogP contribution < -0.4 is 5.32 Å². The first-order valence-electron chi connectivity index (χ1n) is 7.57. The molecule has 1 aromatic rings. The van der Waals surface area contributed by atoms with Crippen LogP contribution in [0.5, 0.6) is 0 Å². The Morgan fingerprint density at radius 3 is 2.90 bits per heavy atom. The van der Waals surface area contributed by atoms with E-state index in [9.17, 15) is 4.79 Å². The number of hydrogen-bond donors (Lipinski definition) is 1. The minimum atomic E-state index is -0.0173. The van der Waals surface area contributed by atoms with Crippen molar-refractivity contribution < 1.29 is 9.53 Å². The zero-order chi connectivity index (χ0) is 15.4. The van der Waals surface area contributed by atoms with Crippen molar-refractivity contribution in [2.45, 2.75) is 39.3 Å². The molecule has 0 saturated carbocycles. The van der Waals surface area contributed by atoms with Crippen molar-refractivity contribution in [3.05, 3.63) is 23.9 Å². The van der Waals surface area contributed by atoms with Crippen LogP contribution in [0.2, 0.25) is 0 Å². The van der Waals surface area contributed by atoms with Gasteiger partial charge < -0.3 is 15.0 Å². The normalized spacial score (nSPS) is 22.4. The third-order valence-electron chi connectivity index (χ3n) is 3.88. The number of piperidine rings is 1. The average molecular weight is 291 g/mol. The summed E-state index contributed by atoms with van der Waals surface area (Å²) in [5.41, 5.74) is 0.491. The molecular formula is C16H25N3O2. The van der Waals surface area contributed by atoms with Crippen LogP contribution in [-0.2, 0) is 4.74 Å². The van der Waals surface area contributed by atoms with Crippen molar-refractivity contribution >= 4 is 11.7 Å². The summed E-state index contributed by atoms with van der Waals surface area (Å²) in [5, 5.41) is 3.22. The van der Waals surface area contributed by atoms with Crippen LogP contribution in [0.1, 0.15) is 37.7 Å². The van der Waals surface area contributed by atoms with Crippen LogP contribution in [0.3, 0.4) is 0 Å². The predicted molar refractivity (Wildman–Crippen MR) is 83.5 cm³/mol. The summed E-state index contributed by atoms with van der Waals surface area (Å²) in [6.07, 6.45) is 1.08. The van der Waals surface area contributed by atoms with Gasteiger partial charge in [0.05, 0.1) is 6.10 Å². The number of ether oxygens (including phenoxy) is 1. The monoisotopic (exact) mass is 291 g/mol. The number of hydrogen-bond acceptors (Lipinski definition) is 4. The number of nitrogens with one attached hydrogen (secondary N) is 1. The lowest BCUT2D eigenvalue weighted by Gasteiger charge is -2.36. The Bertz CT molecular complexity index is 490. The second kappa shape index (κ2) is 6.89. The van der Waals surface area contributed by atoms with E-state index in [1.807, 2.05) is 30.9 Å². The van der Waals surface area contributed by atoms with Gasteiger partial charge in [-0.15, -0.1) is 0 Å². The molecule has 0 bridgehead atoms. The zero-order valence-corrected chi connectivity index (χ0v) is 13.3. The van der Waals surface area contributed by atoms with E-state index in [4.69, 9.17) is 4.74 Å². The molecule has 0 spiro atoms. The van der Waals surface area contributed by atoms with Crippen molar-refractivity contribution in [3.8, 4) is 0 Å². The maximum absolute atomic E-state index is 12.6. The largest absolute Gasteiger partial charge is 0.379 e. The molecule has 2 rings (SSSR count). The van der Waals surface area contributed by atoms with Gasteiger partial charge in [-0.2, -0.15) is 0 Å². The summed E-state index contributed by atoms with van der Waals surface area (Å²) in [6, 6.07) is 5.81. The van der Waals surface area contributed by atoms with Crippen LogP contribution in [0, 0.1) is 5.92 Å². The third-order valence-corrected chi connectivity index (χ3v) is 3.88. The summed E-state index contributed by atoms with van der Waals surface area (Å²) < 4.78 is 5.47. The van der Waals surface area contributed by atoms with E-state index >= 15 is 0 Å². The predicted octanol–water partition coefficient (Wildman–Crippen LogP) is 2.40. The van der Waals surface area contributed by atoms with Gasteiger partial charge >= 0.3 is 0 Å². The van der Waals surface area contributed by atoms with Gasteiger partial charge in [0.1, 0.15) is 11.5 Å². The van der Waals surface area contributed by atoms with Gasteiger partial charge in [-0.25, -0.2) is 4.98 Å². The van der Waals surface area contributed by atoms with Crippen molar-refractivity contribution in [1.82, 2.24) is 9.88 Å². The highest BCUT2D eigenvalue weighted by Crippen LogP contribution is 2.21. The number of likely N-dealkylation sites (tertiary alicyclic amines) is 1. The highest BCUT2D eigenvalue weighted by atomic mass is 16.5. The molecule has 2 heterocycles. The van der Waals surface area contributed by atoms with E-state index in [-0.39, 0.29) is 18.1 Å². The fraction of sp³-hybridized carbons (Fsp3) is 0.625. The molecule has 0 radical (unpaired) electrons. The Morgan fingerprint density at radius 2 is 2.24 bits per heavy atom. The molecule has 0 aromatic carbocycles. The molecule has 1 amide bonds. The molecule has 1 N–H and O–H groups in total. The molecule has 21 heavy (non-hydrogen) atoms. The lowest BCUT2D eigenvalue weighted by Crippen LogP contribution is -2.46. The summed E-state index contributed by atoms with van der Waals surface area (Å²) in [7, 11) is 1.71. The van der Waals surface area contributed by atoms with E-state index in [1.165, 1.54) is 0 Å². The van der Waals surface area contributed by atoms with Crippen LogP contribution in [0.4, 0.5) is 5.82 Å². The van der Waals surface area contributed by atoms with E-state index in [1.54, 1.807) is 13.2 Å². The van der Waals surface area contributed by atoms with Crippen LogP contribution in [-0.4, -0.2) is 48.1 Å². The second-order valence-corrected chi connectivity index (χ2v) is 6.00. The molecule has 1 fully saturated rings. The summed E-state index contributed by atoms with van der Waals surface area (Å²) in [5.74, 6) is 1.21. The van der Waals surface area contributed by atoms with Crippen LogP contribution in [0.25, 0.3) is 0 Å². The number of aromatic nitrogens is 1. The first-order chi connectivity index (χ1) is 10.0. The molecule has 5 nitrogen and oxygen atoms in total. The zero-order valence-electron chi connectivity index (χ0n) is 13.3. The molecule has 1 aliphatic heterocycles. The molecule has 5 heteroatoms. The topological polar surface area (TPSA) is 54.5 Å². The number of anilines is 1. The molecular weight excluding hydrogens is 266 g/mol. The smallest absolute Gasteiger partial charge is 0.272 e. The molecule has 0 aliphatic carbocycles. The molecule has 1 aliphatic rings. The van der Waals surface area contributed by atoms with Gasteiger partial charge in [-0.05, 0) is 38.3 Å². The van der Waals surface area contributed by atoms with E-state index < -0.39 is 0 Å². The van der Waals surface area contributed by atoms with Gasteiger partial charge in [0.2, 0.25) is 0 Å². The number of nitrogens with zero attached hydrogens (tertiary/aromatic N) is 2. The lowest BCUT2D eigenvalue weighted by molar-refractivity contribution is -0.00176. The second-order valence-electron chi connectivity index (χ2n) is 6.00. The number of methoxy groups -OCH3 is 1. The standard InChI is InChI=1S/C16H25N3O2/c1-11(2)17-15-7-5-6-13(18-15)16(20)19-9-8-12(3)14(10-19)21-4/h5-7,11-12,14H,8-10H2,1-4H3,(H,17,18). The maximum Gasteiger partial charge on any atom is 0.272 e. The van der Waals surface area contributed by atoms with Gasteiger partial charge in [0, 0.05) is 26.2 Å². The van der Waals surface area contributed by atoms with Crippen LogP contribution >= 0.6 is 0 Å². The first-order valence-corrected chi connectivity index (χ1v) is 7.57. The maximum atomic E-state index is 12.6. The van der Waals surface area contributed by atoms with Crippen molar-refractivity contribution in [2.75, 3.05) is 25.5 Å². The minimum Gasteiger partial charge on any atom is -0.379 e. The van der Waals surface area contributed by atoms with Crippen molar-refractivity contribution in [2.24, 2.45) is 5.92 Å². The molecule has 2 unspecified atom stereocenters. The van der Waals surface area contributed by atoms with Gasteiger partial charge in [-0.3, -0.25) is 4.79 Å². The summed E-state index contributed by atoms with van der Waals surface area (Å²) in [4.78, 5) is 18.8. The summed E-state index contributed by atoms with van der Waals surface area (Å²) in [6.45, 7) is 7.67. The molecule has 1 saturated heterocycles. The van der Waals surface area contributed by atoms with E-state index in [2.05, 4.69) is 17.2 Å². The molecule has 116 valence electrons. The Balaban J connectivity index is 2.09. The SMILES string of the molecule is COC1CN(C(=O)c2cccc(NC(C)C)n2)CCC1C. The Kier molecular flexibility index (Phi) is 5.17. The van der Waals surface area contributed by atoms with E-state index in [0.29, 0.717) is 18.2 Å². The van der Waals surface area contributed by atoms with Crippen LogP contribution in [0.15, 0.2) is 18.2 Å². The van der Waals surface area contributed by atoms with Gasteiger partial charge in [0.25, 0.3) is 5.91 Å². The number of amides is 1. The third kappa shape index (κ3) is 3.94.